The third kappa shape index (κ3) is 2.60. The van der Waals surface area contributed by atoms with Crippen molar-refractivity contribution in [3.05, 3.63) is 72.2 Å². The topological polar surface area (TPSA) is 29.5 Å². The largest absolute Gasteiger partial charge is 0.490 e. The second-order valence-corrected chi connectivity index (χ2v) is 4.33. The second-order valence-electron chi connectivity index (χ2n) is 4.33. The first kappa shape index (κ1) is 13.1. The van der Waals surface area contributed by atoms with Crippen molar-refractivity contribution in [2.75, 3.05) is 13.2 Å². The Bertz CT molecular complexity index is 558. The van der Waals surface area contributed by atoms with Crippen molar-refractivity contribution in [2.24, 2.45) is 0 Å². The summed E-state index contributed by atoms with van der Waals surface area (Å²) in [7, 11) is 0. The highest BCUT2D eigenvalue weighted by atomic mass is 16.5. The van der Waals surface area contributed by atoms with Gasteiger partial charge in [-0.3, -0.25) is 4.79 Å². The molecule has 1 heterocycles. The van der Waals surface area contributed by atoms with E-state index in [-0.39, 0.29) is 5.91 Å². The van der Waals surface area contributed by atoms with Crippen molar-refractivity contribution < 1.29 is 9.53 Å². The first-order valence-corrected chi connectivity index (χ1v) is 6.18. The van der Waals surface area contributed by atoms with Crippen LogP contribution >= 0.6 is 0 Å². The molecule has 0 N–H and O–H groups in total. The van der Waals surface area contributed by atoms with E-state index in [0.29, 0.717) is 30.2 Å². The highest BCUT2D eigenvalue weighted by molar-refractivity contribution is 5.96. The predicted octanol–water partition coefficient (Wildman–Crippen LogP) is 3.05. The Balaban J connectivity index is 2.38. The van der Waals surface area contributed by atoms with Crippen molar-refractivity contribution in [3.63, 3.8) is 0 Å². The molecule has 98 valence electrons. The molecule has 3 nitrogen and oxygen atoms in total. The Morgan fingerprint density at radius 3 is 2.79 bits per heavy atom. The number of rotatable bonds is 3. The highest BCUT2D eigenvalue weighted by Crippen LogP contribution is 2.21. The van der Waals surface area contributed by atoms with Crippen LogP contribution in [0.15, 0.2) is 61.0 Å². The molecule has 19 heavy (non-hydrogen) atoms. The minimum Gasteiger partial charge on any atom is -0.490 e. The molecule has 0 aliphatic carbocycles. The number of nitrogens with zero attached hydrogens (tertiary/aromatic N) is 1. The van der Waals surface area contributed by atoms with Crippen LogP contribution in [0.3, 0.4) is 0 Å². The van der Waals surface area contributed by atoms with Gasteiger partial charge in [0.05, 0.1) is 12.2 Å². The molecule has 0 radical (unpaired) electrons. The molecule has 0 saturated carbocycles. The van der Waals surface area contributed by atoms with E-state index in [9.17, 15) is 4.79 Å². The number of hydrogen-bond acceptors (Lipinski definition) is 2. The van der Waals surface area contributed by atoms with E-state index in [4.69, 9.17) is 4.74 Å². The monoisotopic (exact) mass is 255 g/mol. The SMILES string of the molecule is C=CC1=C(C=C)N(C(=O)c2cccc(C)c2)CCO1. The maximum absolute atomic E-state index is 12.5. The van der Waals surface area contributed by atoms with Gasteiger partial charge in [-0.15, -0.1) is 0 Å². The third-order valence-corrected chi connectivity index (χ3v) is 3.00. The Morgan fingerprint density at radius 2 is 2.16 bits per heavy atom. The summed E-state index contributed by atoms with van der Waals surface area (Å²) in [4.78, 5) is 14.2. The second kappa shape index (κ2) is 5.57. The van der Waals surface area contributed by atoms with Crippen LogP contribution in [0.25, 0.3) is 0 Å². The quantitative estimate of drug-likeness (QED) is 0.830. The molecule has 0 atom stereocenters. The molecule has 0 unspecified atom stereocenters. The fourth-order valence-electron chi connectivity index (χ4n) is 2.09. The van der Waals surface area contributed by atoms with E-state index in [0.717, 1.165) is 5.56 Å². The molecule has 1 aromatic carbocycles. The Morgan fingerprint density at radius 1 is 1.37 bits per heavy atom. The summed E-state index contributed by atoms with van der Waals surface area (Å²) in [6, 6.07) is 7.55. The van der Waals surface area contributed by atoms with Crippen molar-refractivity contribution in [3.8, 4) is 0 Å². The lowest BCUT2D eigenvalue weighted by atomic mass is 10.1. The Hall–Kier alpha value is -2.29. The van der Waals surface area contributed by atoms with Crippen LogP contribution < -0.4 is 0 Å². The standard InChI is InChI=1S/C16H17NO2/c1-4-14-15(5-2)19-10-9-17(14)16(18)13-8-6-7-12(3)11-13/h4-8,11H,1-2,9-10H2,3H3. The highest BCUT2D eigenvalue weighted by Gasteiger charge is 2.24. The minimum absolute atomic E-state index is 0.0405. The van der Waals surface area contributed by atoms with Crippen LogP contribution in [0.4, 0.5) is 0 Å². The lowest BCUT2D eigenvalue weighted by Crippen LogP contribution is -2.36. The summed E-state index contributed by atoms with van der Waals surface area (Å²) in [6.45, 7) is 10.4. The van der Waals surface area contributed by atoms with E-state index < -0.39 is 0 Å². The predicted molar refractivity (Wildman–Crippen MR) is 75.6 cm³/mol. The molecule has 1 aromatic rings. The summed E-state index contributed by atoms with van der Waals surface area (Å²) in [5, 5.41) is 0. The average molecular weight is 255 g/mol. The summed E-state index contributed by atoms with van der Waals surface area (Å²) >= 11 is 0. The molecular formula is C16H17NO2. The molecule has 1 amide bonds. The number of ether oxygens (including phenoxy) is 1. The fourth-order valence-corrected chi connectivity index (χ4v) is 2.09. The van der Waals surface area contributed by atoms with Crippen molar-refractivity contribution in [2.45, 2.75) is 6.92 Å². The smallest absolute Gasteiger partial charge is 0.258 e. The number of carbonyl (C=O) groups is 1. The van der Waals surface area contributed by atoms with Crippen LogP contribution in [0.2, 0.25) is 0 Å². The van der Waals surface area contributed by atoms with E-state index in [2.05, 4.69) is 13.2 Å². The number of carbonyl (C=O) groups excluding carboxylic acids is 1. The molecule has 3 heteroatoms. The Labute approximate surface area is 113 Å². The lowest BCUT2D eigenvalue weighted by Gasteiger charge is -2.29. The number of benzene rings is 1. The molecule has 0 aromatic heterocycles. The maximum atomic E-state index is 12.5. The number of allylic oxidation sites excluding steroid dienone is 2. The van der Waals surface area contributed by atoms with E-state index in [1.807, 2.05) is 31.2 Å². The van der Waals surface area contributed by atoms with Gasteiger partial charge in [-0.25, -0.2) is 0 Å². The van der Waals surface area contributed by atoms with Gasteiger partial charge < -0.3 is 9.64 Å². The summed E-state index contributed by atoms with van der Waals surface area (Å²) < 4.78 is 5.47. The zero-order valence-corrected chi connectivity index (χ0v) is 11.1. The van der Waals surface area contributed by atoms with Gasteiger partial charge >= 0.3 is 0 Å². The van der Waals surface area contributed by atoms with Gasteiger partial charge in [-0.1, -0.05) is 30.9 Å². The van der Waals surface area contributed by atoms with Crippen LogP contribution in [0, 0.1) is 6.92 Å². The molecule has 0 bridgehead atoms. The third-order valence-electron chi connectivity index (χ3n) is 3.00. The normalized spacial score (nSPS) is 14.9. The van der Waals surface area contributed by atoms with E-state index >= 15 is 0 Å². The van der Waals surface area contributed by atoms with Gasteiger partial charge in [0.15, 0.2) is 0 Å². The van der Waals surface area contributed by atoms with Gasteiger partial charge in [0.1, 0.15) is 12.4 Å². The van der Waals surface area contributed by atoms with Crippen LogP contribution in [0.5, 0.6) is 0 Å². The summed E-state index contributed by atoms with van der Waals surface area (Å²) in [6.07, 6.45) is 3.23. The molecule has 2 rings (SSSR count). The average Bonchev–Trinajstić information content (AvgIpc) is 2.45. The zero-order valence-electron chi connectivity index (χ0n) is 11.1. The van der Waals surface area contributed by atoms with Crippen LogP contribution in [0.1, 0.15) is 15.9 Å². The fraction of sp³-hybridized carbons (Fsp3) is 0.188. The van der Waals surface area contributed by atoms with Crippen LogP contribution in [-0.2, 0) is 4.74 Å². The molecule has 0 spiro atoms. The van der Waals surface area contributed by atoms with E-state index in [1.54, 1.807) is 17.1 Å². The van der Waals surface area contributed by atoms with Gasteiger partial charge in [0.2, 0.25) is 0 Å². The number of amides is 1. The molecule has 0 saturated heterocycles. The van der Waals surface area contributed by atoms with Crippen molar-refractivity contribution in [1.29, 1.82) is 0 Å². The van der Waals surface area contributed by atoms with Crippen molar-refractivity contribution in [1.82, 2.24) is 4.90 Å². The summed E-state index contributed by atoms with van der Waals surface area (Å²) in [5.74, 6) is 0.559. The van der Waals surface area contributed by atoms with Crippen molar-refractivity contribution >= 4 is 5.91 Å². The molecule has 0 fully saturated rings. The first-order valence-electron chi connectivity index (χ1n) is 6.18. The molecular weight excluding hydrogens is 238 g/mol. The van der Waals surface area contributed by atoms with Gasteiger partial charge in [-0.05, 0) is 31.2 Å². The maximum Gasteiger partial charge on any atom is 0.258 e. The zero-order chi connectivity index (χ0) is 13.8. The van der Waals surface area contributed by atoms with Gasteiger partial charge in [-0.2, -0.15) is 0 Å². The minimum atomic E-state index is -0.0405. The molecule has 1 aliphatic rings. The first-order chi connectivity index (χ1) is 9.17. The number of aryl methyl sites for hydroxylation is 1. The molecule has 1 aliphatic heterocycles. The van der Waals surface area contributed by atoms with Crippen LogP contribution in [-0.4, -0.2) is 24.0 Å². The Kier molecular flexibility index (Phi) is 3.85. The van der Waals surface area contributed by atoms with E-state index in [1.165, 1.54) is 0 Å². The number of hydrogen-bond donors (Lipinski definition) is 0. The van der Waals surface area contributed by atoms with Gasteiger partial charge in [0.25, 0.3) is 5.91 Å². The lowest BCUT2D eigenvalue weighted by molar-refractivity contribution is 0.0707. The summed E-state index contributed by atoms with van der Waals surface area (Å²) in [5.41, 5.74) is 2.41. The van der Waals surface area contributed by atoms with Gasteiger partial charge in [0, 0.05) is 5.56 Å².